The minimum atomic E-state index is -4.93. The summed E-state index contributed by atoms with van der Waals surface area (Å²) in [4.78, 5) is 11.3. The molecule has 0 aliphatic carbocycles. The normalized spacial score (nSPS) is 11.3. The summed E-state index contributed by atoms with van der Waals surface area (Å²) in [5, 5.41) is 0. The summed E-state index contributed by atoms with van der Waals surface area (Å²) in [5.74, 6) is -1.53. The predicted octanol–water partition coefficient (Wildman–Crippen LogP) is 3.99. The summed E-state index contributed by atoms with van der Waals surface area (Å²) in [6.07, 6.45) is -4.93. The van der Waals surface area contributed by atoms with Gasteiger partial charge in [-0.05, 0) is 41.9 Å². The van der Waals surface area contributed by atoms with Gasteiger partial charge in [-0.2, -0.15) is 13.2 Å². The van der Waals surface area contributed by atoms with Crippen LogP contribution in [-0.2, 0) is 0 Å². The average molecular weight is 341 g/mol. The molecule has 0 radical (unpaired) electrons. The Hall–Kier alpha value is -1.24. The lowest BCUT2D eigenvalue weighted by Gasteiger charge is -2.14. The third-order valence-electron chi connectivity index (χ3n) is 2.14. The van der Waals surface area contributed by atoms with E-state index in [0.29, 0.717) is 6.61 Å². The first-order chi connectivity index (χ1) is 8.81. The van der Waals surface area contributed by atoms with Gasteiger partial charge in [-0.1, -0.05) is 0 Å². The number of alkyl halides is 3. The third-order valence-corrected chi connectivity index (χ3v) is 2.79. The monoisotopic (exact) mass is 340 g/mol. The van der Waals surface area contributed by atoms with Crippen molar-refractivity contribution in [3.05, 3.63) is 22.2 Å². The molecule has 19 heavy (non-hydrogen) atoms. The third kappa shape index (κ3) is 3.86. The van der Waals surface area contributed by atoms with Crippen molar-refractivity contribution in [2.75, 3.05) is 13.2 Å². The highest BCUT2D eigenvalue weighted by Gasteiger charge is 2.40. The summed E-state index contributed by atoms with van der Waals surface area (Å²) >= 11 is 2.94. The zero-order chi connectivity index (χ0) is 14.6. The Labute approximate surface area is 116 Å². The van der Waals surface area contributed by atoms with E-state index in [-0.39, 0.29) is 22.6 Å². The van der Waals surface area contributed by atoms with Gasteiger partial charge in [0.05, 0.1) is 13.2 Å². The zero-order valence-corrected chi connectivity index (χ0v) is 11.9. The van der Waals surface area contributed by atoms with Gasteiger partial charge in [0.1, 0.15) is 0 Å². The maximum Gasteiger partial charge on any atom is 0.454 e. The van der Waals surface area contributed by atoms with Crippen molar-refractivity contribution in [1.29, 1.82) is 0 Å². The Kier molecular flexibility index (Phi) is 5.22. The van der Waals surface area contributed by atoms with Crippen molar-refractivity contribution < 1.29 is 27.4 Å². The number of hydrogen-bond donors (Lipinski definition) is 0. The van der Waals surface area contributed by atoms with Crippen molar-refractivity contribution in [3.63, 3.8) is 0 Å². The van der Waals surface area contributed by atoms with Crippen molar-refractivity contribution in [1.82, 2.24) is 0 Å². The lowest BCUT2D eigenvalue weighted by molar-refractivity contribution is -0.0885. The minimum absolute atomic E-state index is 0.0155. The van der Waals surface area contributed by atoms with E-state index < -0.39 is 17.5 Å². The number of rotatable bonds is 5. The lowest BCUT2D eigenvalue weighted by atomic mass is 10.1. The average Bonchev–Trinajstić information content (AvgIpc) is 2.31. The minimum Gasteiger partial charge on any atom is -0.490 e. The molecule has 0 saturated heterocycles. The fourth-order valence-electron chi connectivity index (χ4n) is 1.40. The van der Waals surface area contributed by atoms with Crippen molar-refractivity contribution in [3.8, 4) is 11.5 Å². The van der Waals surface area contributed by atoms with Gasteiger partial charge in [-0.25, -0.2) is 0 Å². The molecule has 1 aromatic carbocycles. The maximum absolute atomic E-state index is 12.4. The molecule has 0 N–H and O–H groups in total. The predicted molar refractivity (Wildman–Crippen MR) is 66.9 cm³/mol. The Bertz CT molecular complexity index is 472. The highest BCUT2D eigenvalue weighted by Crippen LogP contribution is 2.36. The van der Waals surface area contributed by atoms with Crippen LogP contribution in [0.25, 0.3) is 0 Å². The summed E-state index contributed by atoms with van der Waals surface area (Å²) in [6.45, 7) is 4.00. The summed E-state index contributed by atoms with van der Waals surface area (Å²) in [7, 11) is 0. The highest BCUT2D eigenvalue weighted by atomic mass is 79.9. The first kappa shape index (κ1) is 15.8. The quantitative estimate of drug-likeness (QED) is 0.760. The second kappa shape index (κ2) is 6.27. The molecule has 0 bridgehead atoms. The standard InChI is InChI=1S/C12H12BrF3O3/c1-3-18-9-5-7(11(17)12(14,15)16)8(13)6-10(9)19-4-2/h5-6H,3-4H2,1-2H3. The van der Waals surface area contributed by atoms with Crippen LogP contribution in [0.3, 0.4) is 0 Å². The molecule has 7 heteroatoms. The number of Topliss-reactive ketones (excluding diaryl/α,β-unsaturated/α-hetero) is 1. The SMILES string of the molecule is CCOc1cc(Br)c(C(=O)C(F)(F)F)cc1OCC. The van der Waals surface area contributed by atoms with Gasteiger partial charge in [-0.3, -0.25) is 4.79 Å². The van der Waals surface area contributed by atoms with Crippen LogP contribution in [0.5, 0.6) is 11.5 Å². The number of benzene rings is 1. The number of halogens is 4. The van der Waals surface area contributed by atoms with Gasteiger partial charge >= 0.3 is 6.18 Å². The van der Waals surface area contributed by atoms with E-state index in [2.05, 4.69) is 15.9 Å². The van der Waals surface area contributed by atoms with Crippen LogP contribution in [0.1, 0.15) is 24.2 Å². The van der Waals surface area contributed by atoms with Gasteiger partial charge in [-0.15, -0.1) is 0 Å². The van der Waals surface area contributed by atoms with Gasteiger partial charge < -0.3 is 9.47 Å². The molecule has 0 amide bonds. The fraction of sp³-hybridized carbons (Fsp3) is 0.417. The molecule has 1 aromatic rings. The number of carbonyl (C=O) groups excluding carboxylic acids is 1. The Balaban J connectivity index is 3.27. The number of ketones is 1. The maximum atomic E-state index is 12.4. The van der Waals surface area contributed by atoms with Crippen molar-refractivity contribution >= 4 is 21.7 Å². The molecule has 1 rings (SSSR count). The zero-order valence-electron chi connectivity index (χ0n) is 10.3. The number of hydrogen-bond acceptors (Lipinski definition) is 3. The van der Waals surface area contributed by atoms with Crippen LogP contribution in [0.4, 0.5) is 13.2 Å². The molecular weight excluding hydrogens is 329 g/mol. The van der Waals surface area contributed by atoms with Crippen LogP contribution in [-0.4, -0.2) is 25.2 Å². The first-order valence-electron chi connectivity index (χ1n) is 5.51. The summed E-state index contributed by atoms with van der Waals surface area (Å²) < 4.78 is 47.8. The highest BCUT2D eigenvalue weighted by molar-refractivity contribution is 9.10. The second-order valence-corrected chi connectivity index (χ2v) is 4.33. The molecule has 0 aliphatic heterocycles. The molecule has 0 unspecified atom stereocenters. The number of ether oxygens (including phenoxy) is 2. The Morgan fingerprint density at radius 1 is 1.16 bits per heavy atom. The van der Waals surface area contributed by atoms with Crippen LogP contribution >= 0.6 is 15.9 Å². The largest absolute Gasteiger partial charge is 0.490 e. The molecule has 0 saturated carbocycles. The van der Waals surface area contributed by atoms with Gasteiger partial charge in [0.25, 0.3) is 5.78 Å². The molecule has 0 aromatic heterocycles. The van der Waals surface area contributed by atoms with E-state index in [1.54, 1.807) is 13.8 Å². The smallest absolute Gasteiger partial charge is 0.454 e. The van der Waals surface area contributed by atoms with Crippen LogP contribution < -0.4 is 9.47 Å². The van der Waals surface area contributed by atoms with Crippen LogP contribution in [0.15, 0.2) is 16.6 Å². The molecule has 3 nitrogen and oxygen atoms in total. The van der Waals surface area contributed by atoms with Crippen LogP contribution in [0.2, 0.25) is 0 Å². The molecule has 0 atom stereocenters. The fourth-order valence-corrected chi connectivity index (χ4v) is 1.90. The summed E-state index contributed by atoms with van der Waals surface area (Å²) in [6, 6.07) is 2.34. The second-order valence-electron chi connectivity index (χ2n) is 3.47. The molecular formula is C12H12BrF3O3. The first-order valence-corrected chi connectivity index (χ1v) is 6.31. The van der Waals surface area contributed by atoms with E-state index in [4.69, 9.17) is 9.47 Å². The van der Waals surface area contributed by atoms with E-state index in [0.717, 1.165) is 6.07 Å². The van der Waals surface area contributed by atoms with Gasteiger partial charge in [0.2, 0.25) is 0 Å². The van der Waals surface area contributed by atoms with E-state index in [1.807, 2.05) is 0 Å². The van der Waals surface area contributed by atoms with Crippen LogP contribution in [0, 0.1) is 0 Å². The van der Waals surface area contributed by atoms with E-state index in [1.165, 1.54) is 6.07 Å². The number of carbonyl (C=O) groups is 1. The van der Waals surface area contributed by atoms with E-state index in [9.17, 15) is 18.0 Å². The van der Waals surface area contributed by atoms with Crippen molar-refractivity contribution in [2.24, 2.45) is 0 Å². The van der Waals surface area contributed by atoms with Gasteiger partial charge in [0.15, 0.2) is 11.5 Å². The van der Waals surface area contributed by atoms with Crippen molar-refractivity contribution in [2.45, 2.75) is 20.0 Å². The molecule has 0 aliphatic rings. The van der Waals surface area contributed by atoms with E-state index >= 15 is 0 Å². The summed E-state index contributed by atoms with van der Waals surface area (Å²) in [5.41, 5.74) is -0.501. The molecule has 106 valence electrons. The molecule has 0 spiro atoms. The lowest BCUT2D eigenvalue weighted by Crippen LogP contribution is -2.23. The Morgan fingerprint density at radius 2 is 1.63 bits per heavy atom. The van der Waals surface area contributed by atoms with Gasteiger partial charge in [0, 0.05) is 10.0 Å². The topological polar surface area (TPSA) is 35.5 Å². The molecule has 0 heterocycles. The Morgan fingerprint density at radius 3 is 2.05 bits per heavy atom. The molecule has 0 fully saturated rings.